The maximum absolute atomic E-state index is 6.16. The second-order valence-corrected chi connectivity index (χ2v) is 5.11. The molecule has 1 saturated carbocycles. The summed E-state index contributed by atoms with van der Waals surface area (Å²) >= 11 is 0. The summed E-state index contributed by atoms with van der Waals surface area (Å²) in [7, 11) is 0. The number of hydrogen-bond donors (Lipinski definition) is 0. The highest BCUT2D eigenvalue weighted by Gasteiger charge is 2.37. The molecule has 1 aromatic heterocycles. The lowest BCUT2D eigenvalue weighted by atomic mass is 9.83. The van der Waals surface area contributed by atoms with E-state index in [-0.39, 0.29) is 0 Å². The van der Waals surface area contributed by atoms with Gasteiger partial charge in [0.25, 0.3) is 0 Å². The second-order valence-electron chi connectivity index (χ2n) is 5.11. The van der Waals surface area contributed by atoms with Crippen LogP contribution in [-0.4, -0.2) is 11.1 Å². The second kappa shape index (κ2) is 3.46. The van der Waals surface area contributed by atoms with Crippen molar-refractivity contribution in [2.45, 2.75) is 37.7 Å². The Bertz CT molecular complexity index is 578. The molecule has 2 atom stereocenters. The highest BCUT2D eigenvalue weighted by molar-refractivity contribution is 5.86. The lowest BCUT2D eigenvalue weighted by Gasteiger charge is -2.23. The average molecular weight is 225 g/mol. The van der Waals surface area contributed by atoms with Gasteiger partial charge in [-0.1, -0.05) is 24.6 Å². The van der Waals surface area contributed by atoms with Gasteiger partial charge in [-0.25, -0.2) is 0 Å². The molecule has 2 heterocycles. The normalized spacial score (nSPS) is 26.4. The third-order valence-corrected chi connectivity index (χ3v) is 4.13. The first-order valence-electron chi connectivity index (χ1n) is 6.48. The van der Waals surface area contributed by atoms with Gasteiger partial charge in [0, 0.05) is 23.1 Å². The molecule has 2 aliphatic rings. The van der Waals surface area contributed by atoms with Crippen LogP contribution in [0, 0.1) is 0 Å². The van der Waals surface area contributed by atoms with Gasteiger partial charge in [-0.05, 0) is 25.3 Å². The summed E-state index contributed by atoms with van der Waals surface area (Å²) in [6.45, 7) is 0. The van der Waals surface area contributed by atoms with E-state index in [1.54, 1.807) is 0 Å². The third-order valence-electron chi connectivity index (χ3n) is 4.13. The van der Waals surface area contributed by atoms with Crippen LogP contribution >= 0.6 is 0 Å². The predicted octanol–water partition coefficient (Wildman–Crippen LogP) is 3.65. The zero-order valence-electron chi connectivity index (χ0n) is 9.73. The summed E-state index contributed by atoms with van der Waals surface area (Å²) < 4.78 is 6.16. The molecular weight excluding hydrogens is 210 g/mol. The van der Waals surface area contributed by atoms with Crippen LogP contribution in [0.4, 0.5) is 0 Å². The quantitative estimate of drug-likeness (QED) is 0.682. The maximum atomic E-state index is 6.16. The molecule has 0 bridgehead atoms. The molecule has 1 aliphatic carbocycles. The van der Waals surface area contributed by atoms with Gasteiger partial charge < -0.3 is 4.74 Å². The molecule has 0 radical (unpaired) electrons. The van der Waals surface area contributed by atoms with Crippen LogP contribution in [0.2, 0.25) is 0 Å². The molecule has 0 amide bonds. The number of benzene rings is 1. The van der Waals surface area contributed by atoms with Gasteiger partial charge in [-0.2, -0.15) is 0 Å². The summed E-state index contributed by atoms with van der Waals surface area (Å²) in [5.41, 5.74) is 2.43. The Kier molecular flexibility index (Phi) is 1.92. The standard InChI is InChI=1S/C15H15NO/c1-2-6-13-11(5-1)12-8-7-10-4-3-9-16-14(10)15(12)17-13/h3-4,7-9,11,13H,1-2,5-6H2/t11-,13-/m1/s1. The summed E-state index contributed by atoms with van der Waals surface area (Å²) in [6.07, 6.45) is 7.38. The number of fused-ring (bicyclic) bond motifs is 5. The van der Waals surface area contributed by atoms with Crippen LogP contribution < -0.4 is 4.74 Å². The van der Waals surface area contributed by atoms with Crippen molar-refractivity contribution in [1.29, 1.82) is 0 Å². The Hall–Kier alpha value is -1.57. The Morgan fingerprint density at radius 1 is 1.12 bits per heavy atom. The topological polar surface area (TPSA) is 22.1 Å². The van der Waals surface area contributed by atoms with Gasteiger partial charge in [0.1, 0.15) is 17.4 Å². The predicted molar refractivity (Wildman–Crippen MR) is 67.4 cm³/mol. The summed E-state index contributed by atoms with van der Waals surface area (Å²) in [4.78, 5) is 4.49. The first-order valence-corrected chi connectivity index (χ1v) is 6.48. The molecule has 2 heteroatoms. The number of ether oxygens (including phenoxy) is 1. The summed E-state index contributed by atoms with van der Waals surface area (Å²) in [5, 5.41) is 1.19. The van der Waals surface area contributed by atoms with E-state index in [2.05, 4.69) is 23.2 Å². The van der Waals surface area contributed by atoms with Crippen molar-refractivity contribution < 1.29 is 4.74 Å². The molecule has 0 N–H and O–H groups in total. The highest BCUT2D eigenvalue weighted by atomic mass is 16.5. The number of nitrogens with zero attached hydrogens (tertiary/aromatic N) is 1. The number of rotatable bonds is 0. The number of pyridine rings is 1. The van der Waals surface area contributed by atoms with E-state index in [4.69, 9.17) is 4.74 Å². The monoisotopic (exact) mass is 225 g/mol. The highest BCUT2D eigenvalue weighted by Crippen LogP contribution is 2.47. The van der Waals surface area contributed by atoms with Gasteiger partial charge in [-0.15, -0.1) is 0 Å². The van der Waals surface area contributed by atoms with Gasteiger partial charge >= 0.3 is 0 Å². The van der Waals surface area contributed by atoms with Crippen LogP contribution in [0.25, 0.3) is 10.9 Å². The Morgan fingerprint density at radius 2 is 2.06 bits per heavy atom. The van der Waals surface area contributed by atoms with E-state index >= 15 is 0 Å². The molecule has 1 aliphatic heterocycles. The van der Waals surface area contributed by atoms with Crippen molar-refractivity contribution in [3.63, 3.8) is 0 Å². The van der Waals surface area contributed by atoms with Crippen LogP contribution in [0.3, 0.4) is 0 Å². The van der Waals surface area contributed by atoms with Crippen LogP contribution in [0.1, 0.15) is 37.2 Å². The molecule has 0 spiro atoms. The van der Waals surface area contributed by atoms with Crippen molar-refractivity contribution in [2.75, 3.05) is 0 Å². The van der Waals surface area contributed by atoms with E-state index in [0.29, 0.717) is 12.0 Å². The number of hydrogen-bond acceptors (Lipinski definition) is 2. The largest absolute Gasteiger partial charge is 0.487 e. The molecule has 2 nitrogen and oxygen atoms in total. The average Bonchev–Trinajstić information content (AvgIpc) is 2.78. The fraction of sp³-hybridized carbons (Fsp3) is 0.400. The Morgan fingerprint density at radius 3 is 3.06 bits per heavy atom. The van der Waals surface area contributed by atoms with Gasteiger partial charge in [0.15, 0.2) is 0 Å². The third kappa shape index (κ3) is 1.30. The first kappa shape index (κ1) is 9.46. The summed E-state index contributed by atoms with van der Waals surface area (Å²) in [6, 6.07) is 8.52. The Labute approximate surface area is 101 Å². The molecule has 86 valence electrons. The van der Waals surface area contributed by atoms with Gasteiger partial charge in [0.2, 0.25) is 0 Å². The van der Waals surface area contributed by atoms with E-state index in [9.17, 15) is 0 Å². The van der Waals surface area contributed by atoms with E-state index in [0.717, 1.165) is 11.3 Å². The van der Waals surface area contributed by atoms with E-state index in [1.165, 1.54) is 36.6 Å². The lowest BCUT2D eigenvalue weighted by molar-refractivity contribution is 0.165. The minimum atomic E-state index is 0.409. The summed E-state index contributed by atoms with van der Waals surface area (Å²) in [5.74, 6) is 1.67. The van der Waals surface area contributed by atoms with Crippen molar-refractivity contribution >= 4 is 10.9 Å². The Balaban J connectivity index is 1.93. The molecule has 17 heavy (non-hydrogen) atoms. The van der Waals surface area contributed by atoms with Crippen molar-refractivity contribution in [3.05, 3.63) is 36.0 Å². The smallest absolute Gasteiger partial charge is 0.149 e. The van der Waals surface area contributed by atoms with E-state index < -0.39 is 0 Å². The molecule has 0 saturated heterocycles. The molecule has 1 aromatic carbocycles. The molecular formula is C15H15NO. The minimum absolute atomic E-state index is 0.409. The van der Waals surface area contributed by atoms with Crippen LogP contribution in [0.5, 0.6) is 5.75 Å². The van der Waals surface area contributed by atoms with E-state index in [1.807, 2.05) is 12.3 Å². The molecule has 2 aromatic rings. The molecule has 4 rings (SSSR count). The van der Waals surface area contributed by atoms with Gasteiger partial charge in [-0.3, -0.25) is 4.98 Å². The van der Waals surface area contributed by atoms with Gasteiger partial charge in [0.05, 0.1) is 0 Å². The minimum Gasteiger partial charge on any atom is -0.487 e. The zero-order valence-corrected chi connectivity index (χ0v) is 9.73. The fourth-order valence-corrected chi connectivity index (χ4v) is 3.29. The lowest BCUT2D eigenvalue weighted by Crippen LogP contribution is -2.22. The fourth-order valence-electron chi connectivity index (χ4n) is 3.29. The van der Waals surface area contributed by atoms with Crippen molar-refractivity contribution in [1.82, 2.24) is 4.98 Å². The zero-order chi connectivity index (χ0) is 11.2. The van der Waals surface area contributed by atoms with Crippen LogP contribution in [0.15, 0.2) is 30.5 Å². The SMILES string of the molecule is c1cnc2c3c(ccc2c1)[C@H]1CCCC[C@H]1O3. The molecule has 1 fully saturated rings. The van der Waals surface area contributed by atoms with Crippen LogP contribution in [-0.2, 0) is 0 Å². The van der Waals surface area contributed by atoms with Crippen molar-refractivity contribution in [2.24, 2.45) is 0 Å². The molecule has 0 unspecified atom stereocenters. The first-order chi connectivity index (χ1) is 8.43. The van der Waals surface area contributed by atoms with Crippen molar-refractivity contribution in [3.8, 4) is 5.75 Å². The maximum Gasteiger partial charge on any atom is 0.149 e. The number of aromatic nitrogens is 1.